The van der Waals surface area contributed by atoms with Crippen molar-refractivity contribution in [3.05, 3.63) is 17.6 Å². The number of hydrogen-bond donors (Lipinski definition) is 1. The van der Waals surface area contributed by atoms with E-state index in [-0.39, 0.29) is 0 Å². The fourth-order valence-corrected chi connectivity index (χ4v) is 2.28. The van der Waals surface area contributed by atoms with Gasteiger partial charge in [0.1, 0.15) is 12.1 Å². The Morgan fingerprint density at radius 3 is 2.50 bits per heavy atom. The van der Waals surface area contributed by atoms with Crippen molar-refractivity contribution in [2.45, 2.75) is 52.5 Å². The minimum Gasteiger partial charge on any atom is -0.367 e. The Labute approximate surface area is 97.7 Å². The van der Waals surface area contributed by atoms with Crippen molar-refractivity contribution >= 4 is 5.82 Å². The molecule has 0 aliphatic heterocycles. The summed E-state index contributed by atoms with van der Waals surface area (Å²) in [7, 11) is 0. The van der Waals surface area contributed by atoms with Gasteiger partial charge >= 0.3 is 0 Å². The summed E-state index contributed by atoms with van der Waals surface area (Å²) in [4.78, 5) is 8.52. The summed E-state index contributed by atoms with van der Waals surface area (Å²) in [5.41, 5.74) is 2.25. The van der Waals surface area contributed by atoms with E-state index >= 15 is 0 Å². The quantitative estimate of drug-likeness (QED) is 0.830. The molecule has 2 rings (SSSR count). The third kappa shape index (κ3) is 2.52. The molecular weight excluding hydrogens is 198 g/mol. The minimum atomic E-state index is 0.601. The Bertz CT molecular complexity index is 354. The molecule has 1 fully saturated rings. The first-order valence-corrected chi connectivity index (χ1v) is 6.21. The van der Waals surface area contributed by atoms with Crippen molar-refractivity contribution in [1.82, 2.24) is 9.97 Å². The van der Waals surface area contributed by atoms with Gasteiger partial charge in [0.05, 0.1) is 0 Å². The van der Waals surface area contributed by atoms with E-state index < -0.39 is 0 Å². The van der Waals surface area contributed by atoms with Gasteiger partial charge in [-0.15, -0.1) is 0 Å². The summed E-state index contributed by atoms with van der Waals surface area (Å²) in [5, 5.41) is 3.56. The Morgan fingerprint density at radius 2 is 1.81 bits per heavy atom. The van der Waals surface area contributed by atoms with Crippen molar-refractivity contribution in [1.29, 1.82) is 0 Å². The van der Waals surface area contributed by atoms with Crippen molar-refractivity contribution < 1.29 is 0 Å². The maximum Gasteiger partial charge on any atom is 0.132 e. The number of aromatic nitrogens is 2. The van der Waals surface area contributed by atoms with Crippen LogP contribution in [0.3, 0.4) is 0 Å². The molecule has 1 aromatic rings. The fraction of sp³-hybridized carbons (Fsp3) is 0.692. The number of hydrogen-bond acceptors (Lipinski definition) is 3. The van der Waals surface area contributed by atoms with E-state index in [1.54, 1.807) is 6.33 Å². The summed E-state index contributed by atoms with van der Waals surface area (Å²) >= 11 is 0. The van der Waals surface area contributed by atoms with Gasteiger partial charge in [-0.05, 0) is 45.4 Å². The molecule has 0 radical (unpaired) electrons. The van der Waals surface area contributed by atoms with Crippen LogP contribution in [-0.4, -0.2) is 16.0 Å². The Hall–Kier alpha value is -1.12. The summed E-state index contributed by atoms with van der Waals surface area (Å²) in [6.45, 7) is 6.46. The SMILES string of the molecule is Cc1ncnc(NC2CCC(C)CC2)c1C. The molecule has 0 saturated heterocycles. The molecule has 1 N–H and O–H groups in total. The maximum atomic E-state index is 4.33. The van der Waals surface area contributed by atoms with Gasteiger partial charge in [-0.3, -0.25) is 0 Å². The normalized spacial score (nSPS) is 25.4. The Balaban J connectivity index is 2.01. The third-order valence-electron chi connectivity index (χ3n) is 3.69. The Kier molecular flexibility index (Phi) is 3.42. The number of nitrogens with zero attached hydrogens (tertiary/aromatic N) is 2. The number of aryl methyl sites for hydroxylation is 1. The molecular formula is C13H21N3. The zero-order chi connectivity index (χ0) is 11.5. The number of rotatable bonds is 2. The van der Waals surface area contributed by atoms with Gasteiger partial charge in [0.15, 0.2) is 0 Å². The van der Waals surface area contributed by atoms with E-state index in [9.17, 15) is 0 Å². The molecule has 1 aromatic heterocycles. The molecule has 1 heterocycles. The van der Waals surface area contributed by atoms with E-state index in [4.69, 9.17) is 0 Å². The van der Waals surface area contributed by atoms with Crippen LogP contribution in [-0.2, 0) is 0 Å². The van der Waals surface area contributed by atoms with Crippen LogP contribution in [0.25, 0.3) is 0 Å². The molecule has 1 saturated carbocycles. The second-order valence-electron chi connectivity index (χ2n) is 5.03. The van der Waals surface area contributed by atoms with Crippen LogP contribution in [0.15, 0.2) is 6.33 Å². The lowest BCUT2D eigenvalue weighted by atomic mass is 9.87. The van der Waals surface area contributed by atoms with Crippen molar-refractivity contribution in [3.63, 3.8) is 0 Å². The highest BCUT2D eigenvalue weighted by atomic mass is 15.0. The van der Waals surface area contributed by atoms with Gasteiger partial charge < -0.3 is 5.32 Å². The molecule has 0 unspecified atom stereocenters. The first-order chi connectivity index (χ1) is 7.66. The second-order valence-corrected chi connectivity index (χ2v) is 5.03. The van der Waals surface area contributed by atoms with Crippen LogP contribution in [0.5, 0.6) is 0 Å². The lowest BCUT2D eigenvalue weighted by molar-refractivity contribution is 0.360. The number of anilines is 1. The fourth-order valence-electron chi connectivity index (χ4n) is 2.28. The standard InChI is InChI=1S/C13H21N3/c1-9-4-6-12(7-5-9)16-13-10(2)11(3)14-8-15-13/h8-9,12H,4-7H2,1-3H3,(H,14,15,16). The average molecular weight is 219 g/mol. The third-order valence-corrected chi connectivity index (χ3v) is 3.69. The number of nitrogens with one attached hydrogen (secondary N) is 1. The molecule has 3 heteroatoms. The highest BCUT2D eigenvalue weighted by Gasteiger charge is 2.18. The lowest BCUT2D eigenvalue weighted by Crippen LogP contribution is -2.26. The molecule has 0 spiro atoms. The second kappa shape index (κ2) is 4.81. The van der Waals surface area contributed by atoms with E-state index in [2.05, 4.69) is 29.1 Å². The van der Waals surface area contributed by atoms with Crippen LogP contribution in [0.1, 0.15) is 43.9 Å². The molecule has 1 aliphatic carbocycles. The molecule has 0 atom stereocenters. The zero-order valence-electron chi connectivity index (χ0n) is 10.5. The van der Waals surface area contributed by atoms with E-state index in [0.717, 1.165) is 17.4 Å². The maximum absolute atomic E-state index is 4.33. The Morgan fingerprint density at radius 1 is 1.12 bits per heavy atom. The van der Waals surface area contributed by atoms with E-state index in [1.165, 1.54) is 31.2 Å². The van der Waals surface area contributed by atoms with Crippen LogP contribution < -0.4 is 5.32 Å². The molecule has 16 heavy (non-hydrogen) atoms. The largest absolute Gasteiger partial charge is 0.367 e. The molecule has 1 aliphatic rings. The zero-order valence-corrected chi connectivity index (χ0v) is 10.5. The van der Waals surface area contributed by atoms with Crippen molar-refractivity contribution in [3.8, 4) is 0 Å². The highest BCUT2D eigenvalue weighted by molar-refractivity contribution is 5.45. The summed E-state index contributed by atoms with van der Waals surface area (Å²) < 4.78 is 0. The van der Waals surface area contributed by atoms with E-state index in [0.29, 0.717) is 6.04 Å². The van der Waals surface area contributed by atoms with Crippen LogP contribution in [0.2, 0.25) is 0 Å². The van der Waals surface area contributed by atoms with E-state index in [1.807, 2.05) is 6.92 Å². The topological polar surface area (TPSA) is 37.8 Å². The smallest absolute Gasteiger partial charge is 0.132 e. The van der Waals surface area contributed by atoms with Gasteiger partial charge in [-0.2, -0.15) is 0 Å². The minimum absolute atomic E-state index is 0.601. The van der Waals surface area contributed by atoms with Gasteiger partial charge in [0, 0.05) is 17.3 Å². The van der Waals surface area contributed by atoms with Crippen LogP contribution in [0.4, 0.5) is 5.82 Å². The van der Waals surface area contributed by atoms with Gasteiger partial charge in [-0.1, -0.05) is 6.92 Å². The van der Waals surface area contributed by atoms with Crippen molar-refractivity contribution in [2.75, 3.05) is 5.32 Å². The van der Waals surface area contributed by atoms with Crippen LogP contribution in [0, 0.1) is 19.8 Å². The average Bonchev–Trinajstić information content (AvgIpc) is 2.28. The molecule has 0 aromatic carbocycles. The molecule has 3 nitrogen and oxygen atoms in total. The van der Waals surface area contributed by atoms with Gasteiger partial charge in [-0.25, -0.2) is 9.97 Å². The summed E-state index contributed by atoms with van der Waals surface area (Å²) in [6, 6.07) is 0.601. The van der Waals surface area contributed by atoms with Gasteiger partial charge in [0.25, 0.3) is 0 Å². The molecule has 88 valence electrons. The van der Waals surface area contributed by atoms with Crippen molar-refractivity contribution in [2.24, 2.45) is 5.92 Å². The lowest BCUT2D eigenvalue weighted by Gasteiger charge is -2.27. The highest BCUT2D eigenvalue weighted by Crippen LogP contribution is 2.26. The first-order valence-electron chi connectivity index (χ1n) is 6.21. The summed E-state index contributed by atoms with van der Waals surface area (Å²) in [6.07, 6.45) is 6.85. The predicted octanol–water partition coefficient (Wildman–Crippen LogP) is 3.08. The molecule has 0 amide bonds. The molecule has 0 bridgehead atoms. The van der Waals surface area contributed by atoms with Crippen LogP contribution >= 0.6 is 0 Å². The monoisotopic (exact) mass is 219 g/mol. The predicted molar refractivity (Wildman–Crippen MR) is 66.5 cm³/mol. The summed E-state index contributed by atoms with van der Waals surface area (Å²) in [5.74, 6) is 1.92. The van der Waals surface area contributed by atoms with Gasteiger partial charge in [0.2, 0.25) is 0 Å². The first kappa shape index (κ1) is 11.4.